The number of ether oxygens (including phenoxy) is 1. The molecular formula is C19H15ClFNO2S. The number of rotatable bonds is 2. The molecule has 0 spiro atoms. The van der Waals surface area contributed by atoms with Crippen molar-refractivity contribution < 1.29 is 13.9 Å². The smallest absolute Gasteiger partial charge is 0.265 e. The van der Waals surface area contributed by atoms with Crippen LogP contribution in [0.4, 0.5) is 4.39 Å². The van der Waals surface area contributed by atoms with Gasteiger partial charge in [0, 0.05) is 16.6 Å². The van der Waals surface area contributed by atoms with Crippen molar-refractivity contribution >= 4 is 38.9 Å². The Bertz CT molecular complexity index is 925. The Morgan fingerprint density at radius 1 is 1.20 bits per heavy atom. The van der Waals surface area contributed by atoms with Gasteiger partial charge in [-0.2, -0.15) is 0 Å². The largest absolute Gasteiger partial charge is 0.370 e. The van der Waals surface area contributed by atoms with Crippen LogP contribution in [0.15, 0.2) is 48.5 Å². The molecule has 1 saturated heterocycles. The van der Waals surface area contributed by atoms with Gasteiger partial charge in [0.15, 0.2) is 0 Å². The predicted octanol–water partition coefficient (Wildman–Crippen LogP) is 4.91. The summed E-state index contributed by atoms with van der Waals surface area (Å²) in [5.74, 6) is -0.369. The van der Waals surface area contributed by atoms with Crippen LogP contribution in [-0.2, 0) is 4.74 Å². The van der Waals surface area contributed by atoms with E-state index >= 15 is 0 Å². The lowest BCUT2D eigenvalue weighted by molar-refractivity contribution is -0.0226. The molecule has 1 amide bonds. The second-order valence-corrected chi connectivity index (χ2v) is 7.33. The molecule has 0 saturated carbocycles. The van der Waals surface area contributed by atoms with Crippen LogP contribution in [0.5, 0.6) is 0 Å². The lowest BCUT2D eigenvalue weighted by Gasteiger charge is -2.33. The van der Waals surface area contributed by atoms with Crippen LogP contribution < -0.4 is 0 Å². The summed E-state index contributed by atoms with van der Waals surface area (Å²) in [6.45, 7) is 1.38. The number of thiophene rings is 1. The lowest BCUT2D eigenvalue weighted by Crippen LogP contribution is -2.42. The summed E-state index contributed by atoms with van der Waals surface area (Å²) in [7, 11) is 0. The van der Waals surface area contributed by atoms with Crippen molar-refractivity contribution in [1.82, 2.24) is 4.90 Å². The maximum atomic E-state index is 13.1. The van der Waals surface area contributed by atoms with Crippen LogP contribution in [0.25, 0.3) is 10.1 Å². The van der Waals surface area contributed by atoms with E-state index in [0.717, 1.165) is 15.6 Å². The number of benzene rings is 2. The van der Waals surface area contributed by atoms with E-state index in [0.29, 0.717) is 29.6 Å². The van der Waals surface area contributed by atoms with Crippen LogP contribution in [0, 0.1) is 5.82 Å². The molecule has 1 atom stereocenters. The van der Waals surface area contributed by atoms with Crippen molar-refractivity contribution in [3.63, 3.8) is 0 Å². The minimum Gasteiger partial charge on any atom is -0.370 e. The first-order chi connectivity index (χ1) is 12.1. The molecular weight excluding hydrogens is 361 g/mol. The summed E-state index contributed by atoms with van der Waals surface area (Å²) in [6.07, 6.45) is -0.258. The fourth-order valence-electron chi connectivity index (χ4n) is 3.01. The molecule has 0 N–H and O–H groups in total. The topological polar surface area (TPSA) is 29.5 Å². The molecule has 2 heterocycles. The molecule has 0 aliphatic carbocycles. The number of hydrogen-bond acceptors (Lipinski definition) is 3. The van der Waals surface area contributed by atoms with Crippen LogP contribution >= 0.6 is 22.9 Å². The first-order valence-electron chi connectivity index (χ1n) is 7.97. The van der Waals surface area contributed by atoms with Crippen LogP contribution in [0.1, 0.15) is 21.3 Å². The average Bonchev–Trinajstić information content (AvgIpc) is 2.99. The van der Waals surface area contributed by atoms with Gasteiger partial charge >= 0.3 is 0 Å². The zero-order chi connectivity index (χ0) is 17.4. The minimum absolute atomic E-state index is 0.0818. The summed E-state index contributed by atoms with van der Waals surface area (Å²) >= 11 is 7.84. The molecule has 1 aliphatic rings. The van der Waals surface area contributed by atoms with Gasteiger partial charge in [-0.15, -0.1) is 11.3 Å². The fourth-order valence-corrected chi connectivity index (χ4v) is 4.49. The van der Waals surface area contributed by atoms with E-state index in [9.17, 15) is 9.18 Å². The van der Waals surface area contributed by atoms with E-state index in [1.165, 1.54) is 23.5 Å². The van der Waals surface area contributed by atoms with Gasteiger partial charge in [-0.3, -0.25) is 4.79 Å². The Hall–Kier alpha value is -1.95. The van der Waals surface area contributed by atoms with Crippen LogP contribution in [-0.4, -0.2) is 30.5 Å². The summed E-state index contributed by atoms with van der Waals surface area (Å²) in [5.41, 5.74) is 0.862. The molecule has 6 heteroatoms. The first-order valence-corrected chi connectivity index (χ1v) is 9.16. The second-order valence-electron chi connectivity index (χ2n) is 5.90. The molecule has 128 valence electrons. The Morgan fingerprint density at radius 3 is 2.72 bits per heavy atom. The molecule has 0 bridgehead atoms. The van der Waals surface area contributed by atoms with Crippen LogP contribution in [0.2, 0.25) is 5.02 Å². The highest BCUT2D eigenvalue weighted by Gasteiger charge is 2.28. The highest BCUT2D eigenvalue weighted by molar-refractivity contribution is 7.21. The summed E-state index contributed by atoms with van der Waals surface area (Å²) < 4.78 is 19.9. The minimum atomic E-state index is -0.287. The standard InChI is InChI=1S/C19H15ClFNO2S/c20-17-14-3-1-2-4-16(14)25-18(17)19(23)22-9-10-24-15(11-22)12-5-7-13(21)8-6-12/h1-8,15H,9-11H2/t15-/m1/s1. The summed E-state index contributed by atoms with van der Waals surface area (Å²) in [5, 5.41) is 1.41. The molecule has 25 heavy (non-hydrogen) atoms. The van der Waals surface area contributed by atoms with Gasteiger partial charge in [0.1, 0.15) is 16.8 Å². The quantitative estimate of drug-likeness (QED) is 0.637. The lowest BCUT2D eigenvalue weighted by atomic mass is 10.1. The van der Waals surface area contributed by atoms with Crippen molar-refractivity contribution in [3.05, 3.63) is 69.8 Å². The van der Waals surface area contributed by atoms with Crippen molar-refractivity contribution in [2.75, 3.05) is 19.7 Å². The van der Waals surface area contributed by atoms with Crippen molar-refractivity contribution in [1.29, 1.82) is 0 Å². The Morgan fingerprint density at radius 2 is 1.96 bits per heavy atom. The number of carbonyl (C=O) groups is 1. The molecule has 1 fully saturated rings. The van der Waals surface area contributed by atoms with Crippen molar-refractivity contribution in [3.8, 4) is 0 Å². The highest BCUT2D eigenvalue weighted by Crippen LogP contribution is 2.36. The molecule has 1 aliphatic heterocycles. The zero-order valence-corrected chi connectivity index (χ0v) is 14.8. The third-order valence-electron chi connectivity index (χ3n) is 4.32. The molecule has 3 nitrogen and oxygen atoms in total. The van der Waals surface area contributed by atoms with Crippen molar-refractivity contribution in [2.24, 2.45) is 0 Å². The molecule has 3 aromatic rings. The van der Waals surface area contributed by atoms with Crippen molar-refractivity contribution in [2.45, 2.75) is 6.10 Å². The number of halogens is 2. The third kappa shape index (κ3) is 3.15. The predicted molar refractivity (Wildman–Crippen MR) is 97.8 cm³/mol. The zero-order valence-electron chi connectivity index (χ0n) is 13.2. The maximum absolute atomic E-state index is 13.1. The van der Waals surface area contributed by atoms with Gasteiger partial charge in [-0.05, 0) is 23.8 Å². The highest BCUT2D eigenvalue weighted by atomic mass is 35.5. The fraction of sp³-hybridized carbons (Fsp3) is 0.211. The van der Waals surface area contributed by atoms with Gasteiger partial charge in [-0.1, -0.05) is 41.9 Å². The van der Waals surface area contributed by atoms with E-state index < -0.39 is 0 Å². The molecule has 0 unspecified atom stereocenters. The SMILES string of the molecule is O=C(c1sc2ccccc2c1Cl)N1CCO[C@@H](c2ccc(F)cc2)C1. The number of fused-ring (bicyclic) bond motifs is 1. The Balaban J connectivity index is 1.59. The Kier molecular flexibility index (Phi) is 4.46. The normalized spacial score (nSPS) is 17.8. The van der Waals surface area contributed by atoms with E-state index in [-0.39, 0.29) is 17.8 Å². The van der Waals surface area contributed by atoms with Gasteiger partial charge in [0.25, 0.3) is 5.91 Å². The van der Waals surface area contributed by atoms with E-state index in [4.69, 9.17) is 16.3 Å². The number of morpholine rings is 1. The second kappa shape index (κ2) is 6.75. The third-order valence-corrected chi connectivity index (χ3v) is 5.99. The van der Waals surface area contributed by atoms with E-state index in [1.54, 1.807) is 17.0 Å². The van der Waals surface area contributed by atoms with E-state index in [1.807, 2.05) is 24.3 Å². The summed E-state index contributed by atoms with van der Waals surface area (Å²) in [6, 6.07) is 13.9. The monoisotopic (exact) mass is 375 g/mol. The van der Waals surface area contributed by atoms with Gasteiger partial charge in [0.05, 0.1) is 18.2 Å². The van der Waals surface area contributed by atoms with Gasteiger partial charge < -0.3 is 9.64 Å². The molecule has 0 radical (unpaired) electrons. The van der Waals surface area contributed by atoms with E-state index in [2.05, 4.69) is 0 Å². The van der Waals surface area contributed by atoms with Crippen LogP contribution in [0.3, 0.4) is 0 Å². The number of nitrogens with zero attached hydrogens (tertiary/aromatic N) is 1. The Labute approximate surface area is 153 Å². The number of hydrogen-bond donors (Lipinski definition) is 0. The van der Waals surface area contributed by atoms with Gasteiger partial charge in [-0.25, -0.2) is 4.39 Å². The molecule has 2 aromatic carbocycles. The first kappa shape index (κ1) is 16.5. The number of amides is 1. The summed E-state index contributed by atoms with van der Waals surface area (Å²) in [4.78, 5) is 15.3. The molecule has 4 rings (SSSR count). The number of carbonyl (C=O) groups excluding carboxylic acids is 1. The molecule has 1 aromatic heterocycles. The van der Waals surface area contributed by atoms with Gasteiger partial charge in [0.2, 0.25) is 0 Å². The maximum Gasteiger partial charge on any atom is 0.265 e. The average molecular weight is 376 g/mol.